The molecule has 1 aliphatic heterocycles. The van der Waals surface area contributed by atoms with Crippen LogP contribution in [0.15, 0.2) is 40.2 Å². The summed E-state index contributed by atoms with van der Waals surface area (Å²) in [7, 11) is -1.55. The van der Waals surface area contributed by atoms with E-state index in [4.69, 9.17) is 0 Å². The van der Waals surface area contributed by atoms with E-state index >= 15 is 0 Å². The van der Waals surface area contributed by atoms with Crippen molar-refractivity contribution in [2.45, 2.75) is 37.1 Å². The molecule has 2 rings (SSSR count). The van der Waals surface area contributed by atoms with Gasteiger partial charge in [0.1, 0.15) is 0 Å². The Morgan fingerprint density at radius 2 is 1.88 bits per heavy atom. The van der Waals surface area contributed by atoms with Crippen LogP contribution in [0.3, 0.4) is 0 Å². The molecule has 0 atom stereocenters. The van der Waals surface area contributed by atoms with E-state index in [9.17, 15) is 8.42 Å². The first-order valence-electron chi connectivity index (χ1n) is 9.02. The lowest BCUT2D eigenvalue weighted by atomic mass is 10.1. The predicted octanol–water partition coefficient (Wildman–Crippen LogP) is 2.12. The fourth-order valence-corrected chi connectivity index (χ4v) is 4.23. The van der Waals surface area contributed by atoms with Crippen LogP contribution in [-0.2, 0) is 9.84 Å². The minimum Gasteiger partial charge on any atom is -0.355 e. The number of guanidine groups is 1. The molecule has 8 heteroatoms. The fraction of sp³-hybridized carbons (Fsp3) is 0.611. The van der Waals surface area contributed by atoms with Crippen molar-refractivity contribution in [2.75, 3.05) is 39.0 Å². The molecule has 1 heterocycles. The number of nitrogens with one attached hydrogen (secondary N) is 2. The van der Waals surface area contributed by atoms with Crippen molar-refractivity contribution >= 4 is 39.8 Å². The van der Waals surface area contributed by atoms with Crippen LogP contribution in [0.2, 0.25) is 0 Å². The molecule has 0 amide bonds. The SMILES string of the molecule is CCCN1CCC(NC(=NC)NCCS(=O)(=O)c2ccccc2)CC1.I. The van der Waals surface area contributed by atoms with E-state index in [0.29, 0.717) is 23.4 Å². The Hall–Kier alpha value is -0.870. The van der Waals surface area contributed by atoms with E-state index in [1.54, 1.807) is 31.3 Å². The minimum atomic E-state index is -3.26. The van der Waals surface area contributed by atoms with Gasteiger partial charge in [-0.2, -0.15) is 0 Å². The number of likely N-dealkylation sites (tertiary alicyclic amines) is 1. The highest BCUT2D eigenvalue weighted by atomic mass is 127. The molecule has 1 fully saturated rings. The van der Waals surface area contributed by atoms with Gasteiger partial charge in [0.15, 0.2) is 15.8 Å². The molecular weight excluding hydrogens is 463 g/mol. The van der Waals surface area contributed by atoms with Crippen LogP contribution in [0.4, 0.5) is 0 Å². The molecule has 2 N–H and O–H groups in total. The van der Waals surface area contributed by atoms with Gasteiger partial charge in [-0.3, -0.25) is 4.99 Å². The van der Waals surface area contributed by atoms with Crippen molar-refractivity contribution in [3.05, 3.63) is 30.3 Å². The van der Waals surface area contributed by atoms with Gasteiger partial charge in [-0.15, -0.1) is 24.0 Å². The maximum atomic E-state index is 12.3. The summed E-state index contributed by atoms with van der Waals surface area (Å²) >= 11 is 0. The van der Waals surface area contributed by atoms with Crippen LogP contribution >= 0.6 is 24.0 Å². The normalized spacial score (nSPS) is 16.8. The van der Waals surface area contributed by atoms with E-state index in [1.807, 2.05) is 6.07 Å². The van der Waals surface area contributed by atoms with Crippen LogP contribution < -0.4 is 10.6 Å². The summed E-state index contributed by atoms with van der Waals surface area (Å²) < 4.78 is 24.6. The van der Waals surface area contributed by atoms with Crippen molar-refractivity contribution in [1.82, 2.24) is 15.5 Å². The number of benzene rings is 1. The van der Waals surface area contributed by atoms with E-state index in [2.05, 4.69) is 27.4 Å². The Kier molecular flexibility index (Phi) is 10.5. The Morgan fingerprint density at radius 3 is 2.46 bits per heavy atom. The maximum absolute atomic E-state index is 12.3. The zero-order valence-corrected chi connectivity index (χ0v) is 18.8. The second-order valence-electron chi connectivity index (χ2n) is 6.39. The summed E-state index contributed by atoms with van der Waals surface area (Å²) in [6.45, 7) is 5.91. The first kappa shape index (κ1) is 23.2. The summed E-state index contributed by atoms with van der Waals surface area (Å²) in [6, 6.07) is 8.95. The van der Waals surface area contributed by atoms with E-state index in [1.165, 1.54) is 6.42 Å². The molecule has 1 aliphatic rings. The van der Waals surface area contributed by atoms with Crippen molar-refractivity contribution in [3.8, 4) is 0 Å². The minimum absolute atomic E-state index is 0. The van der Waals surface area contributed by atoms with Gasteiger partial charge in [0.05, 0.1) is 10.6 Å². The van der Waals surface area contributed by atoms with Crippen LogP contribution in [-0.4, -0.2) is 64.3 Å². The highest BCUT2D eigenvalue weighted by Crippen LogP contribution is 2.11. The molecule has 26 heavy (non-hydrogen) atoms. The first-order chi connectivity index (χ1) is 12.0. The number of sulfone groups is 1. The lowest BCUT2D eigenvalue weighted by molar-refractivity contribution is 0.206. The van der Waals surface area contributed by atoms with Gasteiger partial charge in [0.25, 0.3) is 0 Å². The Balaban J connectivity index is 0.00000338. The summed E-state index contributed by atoms with van der Waals surface area (Å²) in [5, 5.41) is 6.54. The molecule has 0 aromatic heterocycles. The zero-order valence-electron chi connectivity index (χ0n) is 15.6. The lowest BCUT2D eigenvalue weighted by Gasteiger charge is -2.32. The van der Waals surface area contributed by atoms with Gasteiger partial charge >= 0.3 is 0 Å². The molecule has 0 bridgehead atoms. The highest BCUT2D eigenvalue weighted by Gasteiger charge is 2.19. The largest absolute Gasteiger partial charge is 0.355 e. The van der Waals surface area contributed by atoms with Crippen molar-refractivity contribution in [2.24, 2.45) is 4.99 Å². The van der Waals surface area contributed by atoms with E-state index in [-0.39, 0.29) is 29.7 Å². The van der Waals surface area contributed by atoms with Gasteiger partial charge in [-0.05, 0) is 37.9 Å². The van der Waals surface area contributed by atoms with Crippen molar-refractivity contribution in [3.63, 3.8) is 0 Å². The topological polar surface area (TPSA) is 73.8 Å². The highest BCUT2D eigenvalue weighted by molar-refractivity contribution is 14.0. The quantitative estimate of drug-likeness (QED) is 0.345. The molecule has 0 aliphatic carbocycles. The van der Waals surface area contributed by atoms with Crippen LogP contribution in [0, 0.1) is 0 Å². The Morgan fingerprint density at radius 1 is 1.23 bits per heavy atom. The molecule has 0 radical (unpaired) electrons. The molecule has 1 saturated heterocycles. The maximum Gasteiger partial charge on any atom is 0.191 e. The third-order valence-electron chi connectivity index (χ3n) is 4.46. The Labute approximate surface area is 174 Å². The number of hydrogen-bond donors (Lipinski definition) is 2. The molecule has 1 aromatic carbocycles. The van der Waals surface area contributed by atoms with Crippen LogP contribution in [0.5, 0.6) is 0 Å². The van der Waals surface area contributed by atoms with Gasteiger partial charge in [0, 0.05) is 32.7 Å². The average molecular weight is 494 g/mol. The number of rotatable bonds is 7. The predicted molar refractivity (Wildman–Crippen MR) is 118 cm³/mol. The Bertz CT molecular complexity index is 644. The number of nitrogens with zero attached hydrogens (tertiary/aromatic N) is 2. The molecule has 0 spiro atoms. The summed E-state index contributed by atoms with van der Waals surface area (Å²) in [5.41, 5.74) is 0. The van der Waals surface area contributed by atoms with Crippen LogP contribution in [0.25, 0.3) is 0 Å². The standard InChI is InChI=1S/C18H30N4O2S.HI/c1-3-12-22-13-9-16(10-14-22)21-18(19-2)20-11-15-25(23,24)17-7-5-4-6-8-17;/h4-8,16H,3,9-15H2,1-2H3,(H2,19,20,21);1H. The molecule has 0 unspecified atom stereocenters. The van der Waals surface area contributed by atoms with Gasteiger partial charge in [0.2, 0.25) is 0 Å². The summed E-state index contributed by atoms with van der Waals surface area (Å²) in [6.07, 6.45) is 3.36. The van der Waals surface area contributed by atoms with Crippen molar-refractivity contribution in [1.29, 1.82) is 0 Å². The van der Waals surface area contributed by atoms with Crippen molar-refractivity contribution < 1.29 is 8.42 Å². The number of halogens is 1. The van der Waals surface area contributed by atoms with Gasteiger partial charge in [-0.1, -0.05) is 25.1 Å². The van der Waals surface area contributed by atoms with Crippen LogP contribution in [0.1, 0.15) is 26.2 Å². The molecule has 1 aromatic rings. The molecule has 148 valence electrons. The smallest absolute Gasteiger partial charge is 0.191 e. The third-order valence-corrected chi connectivity index (χ3v) is 6.19. The monoisotopic (exact) mass is 494 g/mol. The van der Waals surface area contributed by atoms with E-state index < -0.39 is 9.84 Å². The molecule has 6 nitrogen and oxygen atoms in total. The summed E-state index contributed by atoms with van der Waals surface area (Å²) in [5.74, 6) is 0.726. The number of hydrogen-bond acceptors (Lipinski definition) is 4. The molecule has 0 saturated carbocycles. The number of piperidine rings is 1. The van der Waals surface area contributed by atoms with Gasteiger partial charge in [-0.25, -0.2) is 8.42 Å². The summed E-state index contributed by atoms with van der Waals surface area (Å²) in [4.78, 5) is 7.07. The van der Waals surface area contributed by atoms with Gasteiger partial charge < -0.3 is 15.5 Å². The second-order valence-corrected chi connectivity index (χ2v) is 8.50. The van der Waals surface area contributed by atoms with E-state index in [0.717, 1.165) is 32.5 Å². The average Bonchev–Trinajstić information content (AvgIpc) is 2.63. The number of aliphatic imine (C=N–C) groups is 1. The zero-order chi connectivity index (χ0) is 18.1. The first-order valence-corrected chi connectivity index (χ1v) is 10.7. The fourth-order valence-electron chi connectivity index (χ4n) is 3.05. The second kappa shape index (κ2) is 11.8. The third kappa shape index (κ3) is 7.40. The molecular formula is C18H31IN4O2S. The lowest BCUT2D eigenvalue weighted by Crippen LogP contribution is -2.49.